The maximum Gasteiger partial charge on any atom is 0.308 e. The molecule has 0 aliphatic carbocycles. The summed E-state index contributed by atoms with van der Waals surface area (Å²) in [6.07, 6.45) is 0. The number of thiazole rings is 1. The minimum atomic E-state index is -0.334. The first kappa shape index (κ1) is 16.5. The molecule has 122 valence electrons. The predicted molar refractivity (Wildman–Crippen MR) is 98.3 cm³/mol. The van der Waals surface area contributed by atoms with Crippen LogP contribution in [0, 0.1) is 6.92 Å². The van der Waals surface area contributed by atoms with Crippen molar-refractivity contribution in [2.24, 2.45) is 0 Å². The Labute approximate surface area is 149 Å². The lowest BCUT2D eigenvalue weighted by Crippen LogP contribution is -2.00. The minimum Gasteiger partial charge on any atom is -0.427 e. The van der Waals surface area contributed by atoms with Crippen LogP contribution >= 0.6 is 22.9 Å². The average Bonchev–Trinajstić information content (AvgIpc) is 3.00. The molecule has 0 bridgehead atoms. The first-order chi connectivity index (χ1) is 11.5. The maximum atomic E-state index is 10.9. The van der Waals surface area contributed by atoms with Gasteiger partial charge in [0, 0.05) is 28.6 Å². The lowest BCUT2D eigenvalue weighted by atomic mass is 10.2. The van der Waals surface area contributed by atoms with Gasteiger partial charge in [-0.15, -0.1) is 11.3 Å². The molecule has 3 aromatic rings. The molecule has 1 aromatic heterocycles. The summed E-state index contributed by atoms with van der Waals surface area (Å²) >= 11 is 7.65. The molecule has 0 atom stereocenters. The number of aromatic nitrogens is 1. The normalized spacial score (nSPS) is 10.5. The third kappa shape index (κ3) is 3.93. The van der Waals surface area contributed by atoms with Crippen LogP contribution in [0.3, 0.4) is 0 Å². The number of esters is 1. The van der Waals surface area contributed by atoms with Crippen molar-refractivity contribution in [1.29, 1.82) is 0 Å². The highest BCUT2D eigenvalue weighted by Crippen LogP contribution is 2.29. The molecule has 0 amide bonds. The minimum absolute atomic E-state index is 0.334. The van der Waals surface area contributed by atoms with E-state index in [9.17, 15) is 4.79 Å². The van der Waals surface area contributed by atoms with Crippen molar-refractivity contribution in [1.82, 2.24) is 4.98 Å². The number of halogens is 1. The van der Waals surface area contributed by atoms with Gasteiger partial charge in [0.1, 0.15) is 5.75 Å². The molecule has 1 heterocycles. The van der Waals surface area contributed by atoms with E-state index < -0.39 is 0 Å². The van der Waals surface area contributed by atoms with E-state index in [4.69, 9.17) is 16.3 Å². The van der Waals surface area contributed by atoms with E-state index in [0.717, 1.165) is 32.7 Å². The zero-order valence-electron chi connectivity index (χ0n) is 13.2. The number of anilines is 2. The summed E-state index contributed by atoms with van der Waals surface area (Å²) in [6, 6.07) is 13.1. The standard InChI is InChI=1S/C18H15ClN2O2S/c1-11-3-6-14(9-16(11)19)20-18-21-17(10-24-18)13-4-7-15(8-5-13)23-12(2)22/h3-10H,1-2H3,(H,20,21). The van der Waals surface area contributed by atoms with Gasteiger partial charge in [-0.05, 0) is 48.9 Å². The van der Waals surface area contributed by atoms with E-state index in [1.165, 1.54) is 18.3 Å². The lowest BCUT2D eigenvalue weighted by Gasteiger charge is -2.05. The number of nitrogens with one attached hydrogen (secondary N) is 1. The second-order valence-corrected chi connectivity index (χ2v) is 6.51. The maximum absolute atomic E-state index is 10.9. The fourth-order valence-corrected chi connectivity index (χ4v) is 3.04. The zero-order chi connectivity index (χ0) is 17.1. The fraction of sp³-hybridized carbons (Fsp3) is 0.111. The summed E-state index contributed by atoms with van der Waals surface area (Å²) < 4.78 is 5.03. The molecule has 1 N–H and O–H groups in total. The first-order valence-corrected chi connectivity index (χ1v) is 8.54. The Morgan fingerprint density at radius 3 is 2.62 bits per heavy atom. The van der Waals surface area contributed by atoms with E-state index >= 15 is 0 Å². The summed E-state index contributed by atoms with van der Waals surface area (Å²) in [6.45, 7) is 3.34. The Bertz CT molecular complexity index is 875. The molecular weight excluding hydrogens is 344 g/mol. The first-order valence-electron chi connectivity index (χ1n) is 7.29. The fourth-order valence-electron chi connectivity index (χ4n) is 2.12. The number of benzene rings is 2. The van der Waals surface area contributed by atoms with Crippen LogP contribution < -0.4 is 10.1 Å². The Morgan fingerprint density at radius 2 is 1.96 bits per heavy atom. The van der Waals surface area contributed by atoms with E-state index in [-0.39, 0.29) is 5.97 Å². The highest BCUT2D eigenvalue weighted by Gasteiger charge is 2.07. The molecule has 0 unspecified atom stereocenters. The molecule has 0 saturated carbocycles. The van der Waals surface area contributed by atoms with Crippen molar-refractivity contribution in [3.63, 3.8) is 0 Å². The van der Waals surface area contributed by atoms with Gasteiger partial charge in [-0.3, -0.25) is 4.79 Å². The molecule has 2 aromatic carbocycles. The molecule has 0 aliphatic rings. The monoisotopic (exact) mass is 358 g/mol. The molecule has 6 heteroatoms. The smallest absolute Gasteiger partial charge is 0.308 e. The van der Waals surface area contributed by atoms with Gasteiger partial charge in [-0.1, -0.05) is 17.7 Å². The quantitative estimate of drug-likeness (QED) is 0.498. The third-order valence-corrected chi connectivity index (χ3v) is 4.50. The molecule has 0 fully saturated rings. The van der Waals surface area contributed by atoms with Crippen LogP contribution in [0.25, 0.3) is 11.3 Å². The van der Waals surface area contributed by atoms with E-state index in [0.29, 0.717) is 5.75 Å². The summed E-state index contributed by atoms with van der Waals surface area (Å²) in [5.74, 6) is 0.189. The van der Waals surface area contributed by atoms with Crippen molar-refractivity contribution < 1.29 is 9.53 Å². The van der Waals surface area contributed by atoms with Gasteiger partial charge in [0.05, 0.1) is 5.69 Å². The molecule has 24 heavy (non-hydrogen) atoms. The number of rotatable bonds is 4. The molecule has 0 spiro atoms. The van der Waals surface area contributed by atoms with Crippen LogP contribution in [0.5, 0.6) is 5.75 Å². The van der Waals surface area contributed by atoms with Gasteiger partial charge in [-0.25, -0.2) is 4.98 Å². The Kier molecular flexibility index (Phi) is 4.83. The molecule has 4 nitrogen and oxygen atoms in total. The Balaban J connectivity index is 1.75. The molecule has 0 saturated heterocycles. The SMILES string of the molecule is CC(=O)Oc1ccc(-c2csc(Nc3ccc(C)c(Cl)c3)n2)cc1. The second-order valence-electron chi connectivity index (χ2n) is 5.24. The average molecular weight is 359 g/mol. The highest BCUT2D eigenvalue weighted by molar-refractivity contribution is 7.14. The van der Waals surface area contributed by atoms with Crippen LogP contribution in [-0.2, 0) is 4.79 Å². The van der Waals surface area contributed by atoms with E-state index in [2.05, 4.69) is 10.3 Å². The van der Waals surface area contributed by atoms with Crippen LogP contribution in [-0.4, -0.2) is 11.0 Å². The Hall–Kier alpha value is -2.37. The van der Waals surface area contributed by atoms with Crippen molar-refractivity contribution >= 4 is 39.7 Å². The van der Waals surface area contributed by atoms with Crippen molar-refractivity contribution in [3.05, 3.63) is 58.4 Å². The summed E-state index contributed by atoms with van der Waals surface area (Å²) in [5, 5.41) is 6.73. The highest BCUT2D eigenvalue weighted by atomic mass is 35.5. The molecule has 0 aliphatic heterocycles. The summed E-state index contributed by atoms with van der Waals surface area (Å²) in [7, 11) is 0. The summed E-state index contributed by atoms with van der Waals surface area (Å²) in [5.41, 5.74) is 3.75. The van der Waals surface area contributed by atoms with Gasteiger partial charge in [-0.2, -0.15) is 0 Å². The number of nitrogens with zero attached hydrogens (tertiary/aromatic N) is 1. The topological polar surface area (TPSA) is 51.2 Å². The van der Waals surface area contributed by atoms with Gasteiger partial charge in [0.2, 0.25) is 0 Å². The van der Waals surface area contributed by atoms with Crippen LogP contribution in [0.2, 0.25) is 5.02 Å². The Morgan fingerprint density at radius 1 is 1.21 bits per heavy atom. The third-order valence-electron chi connectivity index (χ3n) is 3.34. The van der Waals surface area contributed by atoms with E-state index in [1.54, 1.807) is 12.1 Å². The molecule has 0 radical (unpaired) electrons. The number of aryl methyl sites for hydroxylation is 1. The summed E-state index contributed by atoms with van der Waals surface area (Å²) in [4.78, 5) is 15.5. The van der Waals surface area contributed by atoms with Gasteiger partial charge < -0.3 is 10.1 Å². The van der Waals surface area contributed by atoms with Crippen LogP contribution in [0.4, 0.5) is 10.8 Å². The van der Waals surface area contributed by atoms with Crippen molar-refractivity contribution in [2.45, 2.75) is 13.8 Å². The van der Waals surface area contributed by atoms with Gasteiger partial charge >= 0.3 is 5.97 Å². The number of carbonyl (C=O) groups is 1. The number of carbonyl (C=O) groups excluding carboxylic acids is 1. The van der Waals surface area contributed by atoms with Crippen molar-refractivity contribution in [3.8, 4) is 17.0 Å². The van der Waals surface area contributed by atoms with Crippen molar-refractivity contribution in [2.75, 3.05) is 5.32 Å². The van der Waals surface area contributed by atoms with Crippen LogP contribution in [0.1, 0.15) is 12.5 Å². The number of hydrogen-bond donors (Lipinski definition) is 1. The zero-order valence-corrected chi connectivity index (χ0v) is 14.7. The van der Waals surface area contributed by atoms with Gasteiger partial charge in [0.15, 0.2) is 5.13 Å². The van der Waals surface area contributed by atoms with E-state index in [1.807, 2.05) is 42.6 Å². The molecular formula is C18H15ClN2O2S. The second kappa shape index (κ2) is 7.03. The number of hydrogen-bond acceptors (Lipinski definition) is 5. The predicted octanol–water partition coefficient (Wildman–Crippen LogP) is 5.44. The number of ether oxygens (including phenoxy) is 1. The van der Waals surface area contributed by atoms with Gasteiger partial charge in [0.25, 0.3) is 0 Å². The lowest BCUT2D eigenvalue weighted by molar-refractivity contribution is -0.131. The molecule has 3 rings (SSSR count). The van der Waals surface area contributed by atoms with Crippen LogP contribution in [0.15, 0.2) is 47.8 Å². The largest absolute Gasteiger partial charge is 0.427 e.